The molecule has 2 aromatic carbocycles. The molecular weight excluding hydrogens is 635 g/mol. The third-order valence-electron chi connectivity index (χ3n) is 9.16. The number of hydrogen-bond acceptors (Lipinski definition) is 7. The number of anilines is 2. The van der Waals surface area contributed by atoms with E-state index >= 15 is 0 Å². The van der Waals surface area contributed by atoms with Gasteiger partial charge in [-0.3, -0.25) is 9.00 Å². The van der Waals surface area contributed by atoms with Gasteiger partial charge in [0.05, 0.1) is 35.2 Å². The van der Waals surface area contributed by atoms with Gasteiger partial charge < -0.3 is 24.3 Å². The first kappa shape index (κ1) is 34.6. The number of nitrogens with one attached hydrogen (secondary N) is 1. The molecule has 0 saturated carbocycles. The summed E-state index contributed by atoms with van der Waals surface area (Å²) in [5.74, 6) is 2.02. The monoisotopic (exact) mass is 681 g/mol. The van der Waals surface area contributed by atoms with E-state index in [0.29, 0.717) is 37.1 Å². The van der Waals surface area contributed by atoms with Crippen LogP contribution in [0.25, 0.3) is 17.2 Å². The SMILES string of the molecule is CCCCOCCOc1ccc(-c2cnc3c(c2)/C=C(/C(=O)Nc2ccc([S@@](=O)Cc4cncn4CCC)cc2)CC[C@H]2CCCN32)cc1. The van der Waals surface area contributed by atoms with Gasteiger partial charge in [0.25, 0.3) is 5.91 Å². The third kappa shape index (κ3) is 8.85. The molecule has 258 valence electrons. The van der Waals surface area contributed by atoms with Crippen molar-refractivity contribution in [2.45, 2.75) is 82.0 Å². The van der Waals surface area contributed by atoms with Gasteiger partial charge in [0.1, 0.15) is 18.2 Å². The maximum absolute atomic E-state index is 13.7. The van der Waals surface area contributed by atoms with Crippen LogP contribution in [0.2, 0.25) is 0 Å². The molecule has 0 spiro atoms. The molecule has 9 nitrogen and oxygen atoms in total. The summed E-state index contributed by atoms with van der Waals surface area (Å²) in [5, 5.41) is 3.09. The number of pyridine rings is 1. The van der Waals surface area contributed by atoms with Crippen LogP contribution in [0.4, 0.5) is 11.5 Å². The van der Waals surface area contributed by atoms with E-state index in [1.54, 1.807) is 12.5 Å². The van der Waals surface area contributed by atoms with Crippen LogP contribution >= 0.6 is 0 Å². The average Bonchev–Trinajstić information content (AvgIpc) is 3.77. The Balaban J connectivity index is 1.15. The van der Waals surface area contributed by atoms with Gasteiger partial charge in [-0.05, 0) is 92.6 Å². The summed E-state index contributed by atoms with van der Waals surface area (Å²) in [6.45, 7) is 7.96. The second-order valence-electron chi connectivity index (χ2n) is 12.7. The molecule has 1 fully saturated rings. The number of amides is 1. The van der Waals surface area contributed by atoms with Crippen molar-refractivity contribution in [3.63, 3.8) is 0 Å². The average molecular weight is 682 g/mol. The fourth-order valence-corrected chi connectivity index (χ4v) is 7.61. The lowest BCUT2D eigenvalue weighted by Gasteiger charge is -2.29. The summed E-state index contributed by atoms with van der Waals surface area (Å²) in [5.41, 5.74) is 5.34. The van der Waals surface area contributed by atoms with Crippen LogP contribution in [-0.4, -0.2) is 57.1 Å². The minimum absolute atomic E-state index is 0.125. The molecule has 2 aliphatic heterocycles. The Labute approximate surface area is 292 Å². The van der Waals surface area contributed by atoms with Crippen LogP contribution in [0.15, 0.2) is 83.8 Å². The summed E-state index contributed by atoms with van der Waals surface area (Å²) in [6, 6.07) is 17.9. The Hall–Kier alpha value is -4.28. The van der Waals surface area contributed by atoms with E-state index in [2.05, 4.69) is 39.7 Å². The van der Waals surface area contributed by atoms with E-state index in [-0.39, 0.29) is 5.91 Å². The number of nitrogens with zero attached hydrogens (tertiary/aromatic N) is 4. The lowest BCUT2D eigenvalue weighted by molar-refractivity contribution is -0.112. The predicted molar refractivity (Wildman–Crippen MR) is 196 cm³/mol. The highest BCUT2D eigenvalue weighted by atomic mass is 32.2. The number of ether oxygens (including phenoxy) is 2. The molecule has 0 bridgehead atoms. The molecule has 2 aliphatic rings. The number of aryl methyl sites for hydroxylation is 1. The molecule has 1 amide bonds. The molecule has 0 radical (unpaired) electrons. The number of rotatable bonds is 15. The van der Waals surface area contributed by atoms with E-state index in [1.807, 2.05) is 60.8 Å². The molecule has 2 aromatic heterocycles. The standard InChI is InChI=1S/C39H47N5O4S/c1-3-5-20-47-21-22-48-36-14-9-29(10-15-36)32-24-31-23-30(8-13-34-7-6-19-44(34)38(31)41-25-32)39(45)42-33-11-16-37(17-12-33)49(46)27-35-26-40-28-43(35)18-4-2/h9-12,14-17,23-26,28,34H,3-8,13,18-22,27H2,1-2H3,(H,42,45)/b30-23+/t34-,49+/m1/s1. The fourth-order valence-electron chi connectivity index (χ4n) is 6.49. The zero-order valence-electron chi connectivity index (χ0n) is 28.6. The van der Waals surface area contributed by atoms with Crippen molar-refractivity contribution >= 4 is 34.3 Å². The Morgan fingerprint density at radius 2 is 1.82 bits per heavy atom. The van der Waals surface area contributed by atoms with Crippen LogP contribution in [0.1, 0.15) is 70.1 Å². The highest BCUT2D eigenvalue weighted by Gasteiger charge is 2.30. The molecule has 4 aromatic rings. The van der Waals surface area contributed by atoms with Gasteiger partial charge in [-0.25, -0.2) is 9.97 Å². The summed E-state index contributed by atoms with van der Waals surface area (Å²) >= 11 is 0. The van der Waals surface area contributed by atoms with Crippen molar-refractivity contribution in [3.8, 4) is 16.9 Å². The van der Waals surface area contributed by atoms with Crippen LogP contribution < -0.4 is 15.0 Å². The highest BCUT2D eigenvalue weighted by Crippen LogP contribution is 2.36. The Bertz CT molecular complexity index is 1750. The number of unbranched alkanes of at least 4 members (excludes halogenated alkanes) is 1. The van der Waals surface area contributed by atoms with Crippen LogP contribution in [0.5, 0.6) is 5.75 Å². The molecule has 49 heavy (non-hydrogen) atoms. The number of carbonyl (C=O) groups excluding carboxylic acids is 1. The van der Waals surface area contributed by atoms with Gasteiger partial charge in [-0.2, -0.15) is 0 Å². The van der Waals surface area contributed by atoms with Crippen molar-refractivity contribution in [3.05, 3.63) is 90.1 Å². The first-order chi connectivity index (χ1) is 24.0. The minimum atomic E-state index is -1.22. The Kier molecular flexibility index (Phi) is 11.9. The molecule has 1 saturated heterocycles. The van der Waals surface area contributed by atoms with E-state index in [4.69, 9.17) is 14.5 Å². The van der Waals surface area contributed by atoms with Gasteiger partial charge in [-0.15, -0.1) is 0 Å². The zero-order valence-corrected chi connectivity index (χ0v) is 29.4. The largest absolute Gasteiger partial charge is 0.491 e. The van der Waals surface area contributed by atoms with Crippen molar-refractivity contribution in [1.82, 2.24) is 14.5 Å². The topological polar surface area (TPSA) is 98.6 Å². The maximum Gasteiger partial charge on any atom is 0.251 e. The number of aromatic nitrogens is 3. The van der Waals surface area contributed by atoms with Gasteiger partial charge in [0, 0.05) is 65.4 Å². The molecule has 2 atom stereocenters. The summed E-state index contributed by atoms with van der Waals surface area (Å²) in [7, 11) is -1.22. The summed E-state index contributed by atoms with van der Waals surface area (Å²) in [6.07, 6.45) is 14.5. The van der Waals surface area contributed by atoms with Crippen LogP contribution in [-0.2, 0) is 32.6 Å². The number of hydrogen-bond donors (Lipinski definition) is 1. The molecule has 0 unspecified atom stereocenters. The van der Waals surface area contributed by atoms with E-state index in [0.717, 1.165) is 103 Å². The van der Waals surface area contributed by atoms with E-state index < -0.39 is 10.8 Å². The molecule has 4 heterocycles. The van der Waals surface area contributed by atoms with Crippen LogP contribution in [0, 0.1) is 0 Å². The predicted octanol–water partition coefficient (Wildman–Crippen LogP) is 7.64. The molecule has 10 heteroatoms. The number of fused-ring (bicyclic) bond motifs is 3. The second kappa shape index (κ2) is 16.9. The summed E-state index contributed by atoms with van der Waals surface area (Å²) < 4.78 is 26.6. The van der Waals surface area contributed by atoms with Gasteiger partial charge in [0.15, 0.2) is 0 Å². The van der Waals surface area contributed by atoms with Crippen molar-refractivity contribution in [2.24, 2.45) is 0 Å². The zero-order chi connectivity index (χ0) is 34.0. The van der Waals surface area contributed by atoms with Crippen LogP contribution in [0.3, 0.4) is 0 Å². The first-order valence-electron chi connectivity index (χ1n) is 17.6. The highest BCUT2D eigenvalue weighted by molar-refractivity contribution is 7.84. The molecule has 0 aliphatic carbocycles. The third-order valence-corrected chi connectivity index (χ3v) is 10.5. The second-order valence-corrected chi connectivity index (χ2v) is 14.2. The normalized spacial score (nSPS) is 17.3. The Morgan fingerprint density at radius 1 is 0.980 bits per heavy atom. The van der Waals surface area contributed by atoms with Crippen molar-refractivity contribution in [1.29, 1.82) is 0 Å². The number of carbonyl (C=O) groups is 1. The lowest BCUT2D eigenvalue weighted by atomic mass is 9.96. The van der Waals surface area contributed by atoms with Crippen molar-refractivity contribution < 1.29 is 18.5 Å². The summed E-state index contributed by atoms with van der Waals surface area (Å²) in [4.78, 5) is 26.0. The smallest absolute Gasteiger partial charge is 0.251 e. The maximum atomic E-state index is 13.7. The number of imidazole rings is 1. The van der Waals surface area contributed by atoms with E-state index in [9.17, 15) is 9.00 Å². The minimum Gasteiger partial charge on any atom is -0.491 e. The molecule has 6 rings (SSSR count). The molecule has 1 N–H and O–H groups in total. The van der Waals surface area contributed by atoms with Gasteiger partial charge in [0.2, 0.25) is 0 Å². The van der Waals surface area contributed by atoms with Gasteiger partial charge in [-0.1, -0.05) is 32.4 Å². The lowest BCUT2D eigenvalue weighted by Crippen LogP contribution is -2.32. The quantitative estimate of drug-likeness (QED) is 0.129. The van der Waals surface area contributed by atoms with Gasteiger partial charge >= 0.3 is 0 Å². The van der Waals surface area contributed by atoms with E-state index in [1.165, 1.54) is 0 Å². The first-order valence-corrected chi connectivity index (χ1v) is 18.9. The van der Waals surface area contributed by atoms with Crippen molar-refractivity contribution in [2.75, 3.05) is 36.6 Å². The number of benzene rings is 2. The Morgan fingerprint density at radius 3 is 2.61 bits per heavy atom. The fraction of sp³-hybridized carbons (Fsp3) is 0.410. The molecular formula is C39H47N5O4S.